The van der Waals surface area contributed by atoms with Crippen molar-refractivity contribution in [3.8, 4) is 16.9 Å². The normalized spacial score (nSPS) is 14.5. The molecule has 1 fully saturated rings. The van der Waals surface area contributed by atoms with Crippen LogP contribution in [0.4, 0.5) is 10.1 Å². The second-order valence-electron chi connectivity index (χ2n) is 8.47. The van der Waals surface area contributed by atoms with Gasteiger partial charge in [0.2, 0.25) is 0 Å². The summed E-state index contributed by atoms with van der Waals surface area (Å²) in [6.07, 6.45) is 3.19. The molecule has 0 unspecified atom stereocenters. The maximum Gasteiger partial charge on any atom is 0.188 e. The number of halogens is 1. The number of hydrogen-bond donors (Lipinski definition) is 1. The van der Waals surface area contributed by atoms with Crippen LogP contribution in [0.1, 0.15) is 21.5 Å². The van der Waals surface area contributed by atoms with Gasteiger partial charge in [0.1, 0.15) is 11.6 Å². The lowest BCUT2D eigenvalue weighted by Crippen LogP contribution is -2.44. The van der Waals surface area contributed by atoms with Crippen molar-refractivity contribution in [3.63, 3.8) is 0 Å². The van der Waals surface area contributed by atoms with E-state index in [1.54, 1.807) is 12.1 Å². The van der Waals surface area contributed by atoms with Crippen molar-refractivity contribution in [2.75, 3.05) is 45.2 Å². The van der Waals surface area contributed by atoms with E-state index in [-0.39, 0.29) is 12.2 Å². The van der Waals surface area contributed by atoms with Crippen LogP contribution in [-0.4, -0.2) is 56.1 Å². The molecule has 0 aromatic heterocycles. The first kappa shape index (κ1) is 23.7. The molecule has 1 N–H and O–H groups in total. The fourth-order valence-electron chi connectivity index (χ4n) is 4.13. The fourth-order valence-corrected chi connectivity index (χ4v) is 4.13. The van der Waals surface area contributed by atoms with E-state index in [4.69, 9.17) is 4.74 Å². The molecule has 0 saturated carbocycles. The van der Waals surface area contributed by atoms with Crippen LogP contribution < -0.4 is 9.64 Å². The number of aliphatic hydroxyl groups is 1. The van der Waals surface area contributed by atoms with E-state index >= 15 is 0 Å². The van der Waals surface area contributed by atoms with Crippen LogP contribution in [-0.2, 0) is 6.61 Å². The molecule has 0 radical (unpaired) electrons. The Kier molecular flexibility index (Phi) is 7.40. The third-order valence-electron chi connectivity index (χ3n) is 6.17. The van der Waals surface area contributed by atoms with Gasteiger partial charge in [-0.3, -0.25) is 4.79 Å². The highest BCUT2D eigenvalue weighted by atomic mass is 19.1. The minimum atomic E-state index is -0.608. The third kappa shape index (κ3) is 5.35. The van der Waals surface area contributed by atoms with Gasteiger partial charge in [-0.25, -0.2) is 4.39 Å². The molecule has 1 heterocycles. The first-order chi connectivity index (χ1) is 16.5. The zero-order valence-corrected chi connectivity index (χ0v) is 19.5. The largest absolute Gasteiger partial charge is 0.497 e. The maximum atomic E-state index is 14.4. The monoisotopic (exact) mass is 460 g/mol. The Morgan fingerprint density at radius 1 is 1.03 bits per heavy atom. The van der Waals surface area contributed by atoms with Gasteiger partial charge in [-0.15, -0.1) is 0 Å². The number of ketones is 1. The summed E-state index contributed by atoms with van der Waals surface area (Å²) in [6, 6.07) is 18.2. The van der Waals surface area contributed by atoms with Crippen molar-refractivity contribution in [2.24, 2.45) is 0 Å². The lowest BCUT2D eigenvalue weighted by atomic mass is 9.98. The number of nitrogens with zero attached hydrogens (tertiary/aromatic N) is 2. The van der Waals surface area contributed by atoms with Crippen molar-refractivity contribution in [3.05, 3.63) is 89.2 Å². The van der Waals surface area contributed by atoms with E-state index in [1.165, 1.54) is 25.3 Å². The molecule has 3 aromatic carbocycles. The van der Waals surface area contributed by atoms with Gasteiger partial charge in [-0.05, 0) is 71.8 Å². The first-order valence-corrected chi connectivity index (χ1v) is 11.3. The van der Waals surface area contributed by atoms with Crippen molar-refractivity contribution >= 4 is 17.5 Å². The number of anilines is 1. The quantitative estimate of drug-likeness (QED) is 0.411. The molecule has 5 nitrogen and oxygen atoms in total. The Morgan fingerprint density at radius 2 is 1.79 bits per heavy atom. The number of aliphatic hydroxyl groups excluding tert-OH is 1. The standard InChI is InChI=1S/C28H29FN2O3/c1-30-12-14-31(15-13-30)27-10-6-22(21-5-3-4-20(16-21)19-32)17-23(27)7-11-28(33)25-9-8-24(34-2)18-26(25)29/h3-11,16-18,32H,12-15,19H2,1-2H3. The summed E-state index contributed by atoms with van der Waals surface area (Å²) in [7, 11) is 3.57. The van der Waals surface area contributed by atoms with Crippen LogP contribution in [0.2, 0.25) is 0 Å². The zero-order chi connectivity index (χ0) is 24.1. The summed E-state index contributed by atoms with van der Waals surface area (Å²) in [5, 5.41) is 9.51. The Morgan fingerprint density at radius 3 is 2.50 bits per heavy atom. The highest BCUT2D eigenvalue weighted by Gasteiger charge is 2.17. The van der Waals surface area contributed by atoms with Crippen LogP contribution in [0.15, 0.2) is 66.7 Å². The predicted octanol–water partition coefficient (Wildman–Crippen LogP) is 4.64. The average Bonchev–Trinajstić information content (AvgIpc) is 2.87. The minimum absolute atomic E-state index is 0.00463. The Bertz CT molecular complexity index is 1200. The third-order valence-corrected chi connectivity index (χ3v) is 6.17. The van der Waals surface area contributed by atoms with Crippen molar-refractivity contribution in [2.45, 2.75) is 6.61 Å². The number of methoxy groups -OCH3 is 1. The molecule has 0 atom stereocenters. The molecule has 0 bridgehead atoms. The number of carbonyl (C=O) groups is 1. The van der Waals surface area contributed by atoms with Gasteiger partial charge in [0.05, 0.1) is 19.3 Å². The number of allylic oxidation sites excluding steroid dienone is 1. The molecule has 34 heavy (non-hydrogen) atoms. The van der Waals surface area contributed by atoms with Crippen molar-refractivity contribution < 1.29 is 19.0 Å². The summed E-state index contributed by atoms with van der Waals surface area (Å²) in [5.41, 5.74) is 4.73. The molecule has 0 aliphatic carbocycles. The van der Waals surface area contributed by atoms with Crippen molar-refractivity contribution in [1.29, 1.82) is 0 Å². The number of hydrogen-bond acceptors (Lipinski definition) is 5. The first-order valence-electron chi connectivity index (χ1n) is 11.3. The van der Waals surface area contributed by atoms with Crippen LogP contribution >= 0.6 is 0 Å². The topological polar surface area (TPSA) is 53.0 Å². The smallest absolute Gasteiger partial charge is 0.188 e. The summed E-state index contributed by atoms with van der Waals surface area (Å²) in [4.78, 5) is 17.4. The molecule has 4 rings (SSSR count). The van der Waals surface area contributed by atoms with Crippen LogP contribution in [0, 0.1) is 5.82 Å². The Hall–Kier alpha value is -3.48. The summed E-state index contributed by atoms with van der Waals surface area (Å²) < 4.78 is 19.4. The van der Waals surface area contributed by atoms with Crippen LogP contribution in [0.5, 0.6) is 5.75 Å². The number of piperazine rings is 1. The summed E-state index contributed by atoms with van der Waals surface area (Å²) >= 11 is 0. The molecule has 1 saturated heterocycles. The van der Waals surface area contributed by atoms with Crippen molar-refractivity contribution in [1.82, 2.24) is 4.90 Å². The lowest BCUT2D eigenvalue weighted by molar-refractivity contribution is 0.104. The van der Waals surface area contributed by atoms with Gasteiger partial charge < -0.3 is 19.6 Å². The molecule has 176 valence electrons. The Balaban J connectivity index is 1.69. The molecule has 1 aliphatic rings. The van der Waals surface area contributed by atoms with E-state index in [9.17, 15) is 14.3 Å². The molecule has 6 heteroatoms. The van der Waals surface area contributed by atoms with Crippen LogP contribution in [0.3, 0.4) is 0 Å². The Labute approximate surface area is 199 Å². The molecular weight excluding hydrogens is 431 g/mol. The number of carbonyl (C=O) groups excluding carboxylic acids is 1. The van der Waals surface area contributed by atoms with Gasteiger partial charge in [0, 0.05) is 37.9 Å². The highest BCUT2D eigenvalue weighted by Crippen LogP contribution is 2.30. The molecule has 1 aliphatic heterocycles. The molecule has 3 aromatic rings. The zero-order valence-electron chi connectivity index (χ0n) is 19.5. The molecule has 0 amide bonds. The van der Waals surface area contributed by atoms with Gasteiger partial charge in [0.25, 0.3) is 0 Å². The van der Waals surface area contributed by atoms with E-state index in [0.29, 0.717) is 5.75 Å². The fraction of sp³-hybridized carbons (Fsp3) is 0.250. The van der Waals surface area contributed by atoms with Gasteiger partial charge in [0.15, 0.2) is 5.78 Å². The molecule has 0 spiro atoms. The average molecular weight is 461 g/mol. The minimum Gasteiger partial charge on any atom is -0.497 e. The van der Waals surface area contributed by atoms with Gasteiger partial charge in [-0.1, -0.05) is 24.3 Å². The van der Waals surface area contributed by atoms with E-state index < -0.39 is 11.6 Å². The number of rotatable bonds is 7. The summed E-state index contributed by atoms with van der Waals surface area (Å²) in [5.74, 6) is -0.645. The maximum absolute atomic E-state index is 14.4. The molecular formula is C28H29FN2O3. The predicted molar refractivity (Wildman–Crippen MR) is 134 cm³/mol. The SMILES string of the molecule is COc1ccc(C(=O)C=Cc2cc(-c3cccc(CO)c3)ccc2N2CCN(C)CC2)c(F)c1. The summed E-state index contributed by atoms with van der Waals surface area (Å²) in [6.45, 7) is 3.66. The van der Waals surface area contributed by atoms with E-state index in [2.05, 4.69) is 29.0 Å². The number of benzene rings is 3. The lowest BCUT2D eigenvalue weighted by Gasteiger charge is -2.35. The number of ether oxygens (including phenoxy) is 1. The van der Waals surface area contributed by atoms with Gasteiger partial charge in [-0.2, -0.15) is 0 Å². The van der Waals surface area contributed by atoms with Crippen LogP contribution in [0.25, 0.3) is 17.2 Å². The van der Waals surface area contributed by atoms with Gasteiger partial charge >= 0.3 is 0 Å². The second kappa shape index (κ2) is 10.6. The van der Waals surface area contributed by atoms with E-state index in [0.717, 1.165) is 54.1 Å². The second-order valence-corrected chi connectivity index (χ2v) is 8.47. The number of likely N-dealkylation sites (N-methyl/N-ethyl adjacent to an activating group) is 1. The highest BCUT2D eigenvalue weighted by molar-refractivity contribution is 6.07. The van der Waals surface area contributed by atoms with E-state index in [1.807, 2.05) is 30.3 Å².